The highest BCUT2D eigenvalue weighted by Crippen LogP contribution is 2.22. The SMILES string of the molecule is CC(C)(C)OC(=O)NC(CC(CCCOS(=O)[O-])C(=O)OC(C)(C)C)C(=O)OC(C)(C)C. The van der Waals surface area contributed by atoms with E-state index in [0.717, 1.165) is 0 Å². The Hall–Kier alpha value is -1.72. The van der Waals surface area contributed by atoms with Crippen molar-refractivity contribution in [3.05, 3.63) is 0 Å². The van der Waals surface area contributed by atoms with Crippen LogP contribution >= 0.6 is 0 Å². The van der Waals surface area contributed by atoms with E-state index in [-0.39, 0.29) is 25.9 Å². The largest absolute Gasteiger partial charge is 0.750 e. The third-order valence-corrected chi connectivity index (χ3v) is 3.88. The van der Waals surface area contributed by atoms with Crippen LogP contribution in [0.4, 0.5) is 4.79 Å². The maximum atomic E-state index is 12.8. The average molecular weight is 481 g/mol. The van der Waals surface area contributed by atoms with Gasteiger partial charge in [-0.25, -0.2) is 13.8 Å². The van der Waals surface area contributed by atoms with E-state index in [1.165, 1.54) is 0 Å². The molecule has 0 aliphatic heterocycles. The Morgan fingerprint density at radius 2 is 1.31 bits per heavy atom. The number of ether oxygens (including phenoxy) is 3. The predicted octanol–water partition coefficient (Wildman–Crippen LogP) is 3.16. The van der Waals surface area contributed by atoms with Gasteiger partial charge in [-0.1, -0.05) is 0 Å². The van der Waals surface area contributed by atoms with Crippen molar-refractivity contribution in [3.63, 3.8) is 0 Å². The van der Waals surface area contributed by atoms with Gasteiger partial charge in [-0.15, -0.1) is 0 Å². The molecule has 0 rings (SSSR count). The van der Waals surface area contributed by atoms with E-state index >= 15 is 0 Å². The molecule has 10 nitrogen and oxygen atoms in total. The van der Waals surface area contributed by atoms with E-state index in [9.17, 15) is 23.1 Å². The van der Waals surface area contributed by atoms with Gasteiger partial charge in [0.2, 0.25) is 0 Å². The van der Waals surface area contributed by atoms with Gasteiger partial charge in [0.15, 0.2) is 0 Å². The van der Waals surface area contributed by atoms with Crippen molar-refractivity contribution < 1.29 is 41.5 Å². The van der Waals surface area contributed by atoms with Gasteiger partial charge in [0.1, 0.15) is 22.8 Å². The van der Waals surface area contributed by atoms with Crippen LogP contribution in [0.3, 0.4) is 0 Å². The normalized spacial score (nSPS) is 15.3. The van der Waals surface area contributed by atoms with Gasteiger partial charge in [0, 0.05) is 0 Å². The van der Waals surface area contributed by atoms with Crippen molar-refractivity contribution in [1.29, 1.82) is 0 Å². The number of carbonyl (C=O) groups is 3. The molecule has 0 saturated heterocycles. The molecule has 0 aliphatic carbocycles. The number of amides is 1. The summed E-state index contributed by atoms with van der Waals surface area (Å²) in [4.78, 5) is 37.8. The molecule has 0 aromatic carbocycles. The van der Waals surface area contributed by atoms with Crippen LogP contribution < -0.4 is 5.32 Å². The van der Waals surface area contributed by atoms with Crippen LogP contribution in [0.1, 0.15) is 81.6 Å². The van der Waals surface area contributed by atoms with Crippen LogP contribution in [0.5, 0.6) is 0 Å². The maximum Gasteiger partial charge on any atom is 0.408 e. The highest BCUT2D eigenvalue weighted by Gasteiger charge is 2.34. The monoisotopic (exact) mass is 480 g/mol. The molecule has 3 unspecified atom stereocenters. The van der Waals surface area contributed by atoms with Crippen LogP contribution in [0.2, 0.25) is 0 Å². The molecule has 32 heavy (non-hydrogen) atoms. The van der Waals surface area contributed by atoms with Crippen molar-refractivity contribution in [3.8, 4) is 0 Å². The van der Waals surface area contributed by atoms with E-state index in [4.69, 9.17) is 14.2 Å². The number of alkyl carbamates (subject to hydrolysis) is 1. The molecule has 0 aromatic heterocycles. The molecule has 0 fully saturated rings. The summed E-state index contributed by atoms with van der Waals surface area (Å²) in [5.41, 5.74) is -2.39. The van der Waals surface area contributed by atoms with E-state index < -0.39 is 58.2 Å². The first kappa shape index (κ1) is 30.3. The molecular weight excluding hydrogens is 442 g/mol. The van der Waals surface area contributed by atoms with Gasteiger partial charge in [0.25, 0.3) is 0 Å². The molecule has 1 amide bonds. The zero-order valence-electron chi connectivity index (χ0n) is 20.6. The number of hydrogen-bond acceptors (Lipinski definition) is 9. The molecule has 3 atom stereocenters. The van der Waals surface area contributed by atoms with E-state index in [1.807, 2.05) is 0 Å². The molecule has 0 radical (unpaired) electrons. The lowest BCUT2D eigenvalue weighted by molar-refractivity contribution is -0.163. The first-order valence-electron chi connectivity index (χ1n) is 10.5. The van der Waals surface area contributed by atoms with E-state index in [1.54, 1.807) is 62.3 Å². The van der Waals surface area contributed by atoms with Gasteiger partial charge in [0.05, 0.1) is 23.9 Å². The van der Waals surface area contributed by atoms with E-state index in [2.05, 4.69) is 9.50 Å². The summed E-state index contributed by atoms with van der Waals surface area (Å²) >= 11 is -2.67. The summed E-state index contributed by atoms with van der Waals surface area (Å²) in [5, 5.41) is 2.48. The molecule has 0 saturated carbocycles. The molecule has 1 N–H and O–H groups in total. The summed E-state index contributed by atoms with van der Waals surface area (Å²) in [6, 6.07) is -1.18. The first-order chi connectivity index (χ1) is 14.3. The average Bonchev–Trinajstić information content (AvgIpc) is 2.51. The number of nitrogens with one attached hydrogen (secondary N) is 1. The third-order valence-electron chi connectivity index (χ3n) is 3.52. The van der Waals surface area contributed by atoms with Crippen molar-refractivity contribution in [2.24, 2.45) is 5.92 Å². The zero-order chi connectivity index (χ0) is 25.3. The molecule has 11 heteroatoms. The zero-order valence-corrected chi connectivity index (χ0v) is 21.4. The van der Waals surface area contributed by atoms with Gasteiger partial charge >= 0.3 is 18.0 Å². The van der Waals surface area contributed by atoms with Crippen LogP contribution in [0, 0.1) is 5.92 Å². The number of hydrogen-bond donors (Lipinski definition) is 1. The summed E-state index contributed by atoms with van der Waals surface area (Å²) in [7, 11) is 0. The first-order valence-corrected chi connectivity index (χ1v) is 11.5. The van der Waals surface area contributed by atoms with Crippen LogP contribution in [-0.4, -0.2) is 56.2 Å². The summed E-state index contributed by atoms with van der Waals surface area (Å²) in [5.74, 6) is -2.14. The summed E-state index contributed by atoms with van der Waals surface area (Å²) in [6.07, 6.45) is -0.572. The van der Waals surface area contributed by atoms with Gasteiger partial charge in [-0.2, -0.15) is 0 Å². The Morgan fingerprint density at radius 3 is 1.75 bits per heavy atom. The molecule has 0 aliphatic rings. The second-order valence-corrected chi connectivity index (χ2v) is 11.0. The minimum Gasteiger partial charge on any atom is -0.750 e. The van der Waals surface area contributed by atoms with Crippen molar-refractivity contribution in [2.75, 3.05) is 6.61 Å². The van der Waals surface area contributed by atoms with E-state index in [0.29, 0.717) is 0 Å². The van der Waals surface area contributed by atoms with Crippen LogP contribution in [0.25, 0.3) is 0 Å². The smallest absolute Gasteiger partial charge is 0.408 e. The fraction of sp³-hybridized carbons (Fsp3) is 0.857. The maximum absolute atomic E-state index is 12.8. The lowest BCUT2D eigenvalue weighted by Crippen LogP contribution is -2.47. The van der Waals surface area contributed by atoms with Crippen molar-refractivity contribution in [1.82, 2.24) is 5.32 Å². The molecule has 0 bridgehead atoms. The van der Waals surface area contributed by atoms with Crippen molar-refractivity contribution >= 4 is 29.4 Å². The van der Waals surface area contributed by atoms with Crippen LogP contribution in [-0.2, 0) is 39.3 Å². The fourth-order valence-corrected chi connectivity index (χ4v) is 2.75. The van der Waals surface area contributed by atoms with Crippen LogP contribution in [0.15, 0.2) is 0 Å². The lowest BCUT2D eigenvalue weighted by Gasteiger charge is -2.29. The third kappa shape index (κ3) is 16.0. The second kappa shape index (κ2) is 12.5. The fourth-order valence-electron chi connectivity index (χ4n) is 2.50. The quantitative estimate of drug-likeness (QED) is 0.216. The lowest BCUT2D eigenvalue weighted by atomic mass is 9.94. The minimum absolute atomic E-state index is 0.121. The Morgan fingerprint density at radius 1 is 0.844 bits per heavy atom. The van der Waals surface area contributed by atoms with Gasteiger partial charge < -0.3 is 28.3 Å². The van der Waals surface area contributed by atoms with Gasteiger partial charge in [-0.05, 0) is 81.6 Å². The Balaban J connectivity index is 5.60. The number of carbonyl (C=O) groups excluding carboxylic acids is 3. The predicted molar refractivity (Wildman–Crippen MR) is 117 cm³/mol. The standard InChI is InChI=1S/C21H39NO9S/c1-19(2,3)29-16(23)14(11-10-12-28-32(26)27)13-15(17(24)30-20(4,5)6)22-18(25)31-21(7,8)9/h14-15H,10-13H2,1-9H3,(H,22,25)(H,26,27)/p-1. The summed E-state index contributed by atoms with van der Waals surface area (Å²) < 4.78 is 41.7. The molecule has 188 valence electrons. The molecule has 0 aromatic rings. The topological polar surface area (TPSA) is 140 Å². The highest BCUT2D eigenvalue weighted by molar-refractivity contribution is 7.74. The Kier molecular flexibility index (Phi) is 11.8. The highest BCUT2D eigenvalue weighted by atomic mass is 32.2. The molecule has 0 spiro atoms. The number of rotatable bonds is 10. The second-order valence-electron chi connectivity index (χ2n) is 10.4. The Bertz CT molecular complexity index is 660. The van der Waals surface area contributed by atoms with Gasteiger partial charge in [-0.3, -0.25) is 4.79 Å². The minimum atomic E-state index is -2.67. The number of esters is 2. The summed E-state index contributed by atoms with van der Waals surface area (Å²) in [6.45, 7) is 15.1. The molecular formula is C21H38NO9S-. The van der Waals surface area contributed by atoms with Crippen molar-refractivity contribution in [2.45, 2.75) is 104 Å². The Labute approximate surface area is 193 Å². The molecule has 0 heterocycles.